The van der Waals surface area contributed by atoms with Crippen LogP contribution in [0, 0.1) is 5.92 Å². The summed E-state index contributed by atoms with van der Waals surface area (Å²) < 4.78 is 0. The van der Waals surface area contributed by atoms with Gasteiger partial charge in [0, 0.05) is 18.8 Å². The van der Waals surface area contributed by atoms with Crippen molar-refractivity contribution in [1.82, 2.24) is 9.88 Å². The number of likely N-dealkylation sites (tertiary alicyclic amines) is 1. The average Bonchev–Trinajstić information content (AvgIpc) is 2.77. The van der Waals surface area contributed by atoms with Crippen molar-refractivity contribution in [3.05, 3.63) is 29.6 Å². The lowest BCUT2D eigenvalue weighted by Gasteiger charge is -2.28. The molecule has 2 N–H and O–H groups in total. The minimum Gasteiger partial charge on any atom is -0.388 e. The molecule has 1 aromatic heterocycles. The maximum atomic E-state index is 5.73. The van der Waals surface area contributed by atoms with Gasteiger partial charge in [0.25, 0.3) is 0 Å². The lowest BCUT2D eigenvalue weighted by atomic mass is 10.0. The molecule has 0 spiro atoms. The van der Waals surface area contributed by atoms with Crippen molar-refractivity contribution in [3.63, 3.8) is 0 Å². The van der Waals surface area contributed by atoms with Crippen LogP contribution < -0.4 is 5.73 Å². The van der Waals surface area contributed by atoms with Crippen LogP contribution in [0.4, 0.5) is 0 Å². The first-order valence-corrected chi connectivity index (χ1v) is 6.98. The number of rotatable bonds is 4. The van der Waals surface area contributed by atoms with E-state index in [1.165, 1.54) is 12.8 Å². The highest BCUT2D eigenvalue weighted by atomic mass is 32.1. The molecule has 1 saturated heterocycles. The van der Waals surface area contributed by atoms with E-state index in [9.17, 15) is 0 Å². The molecule has 4 heteroatoms. The van der Waals surface area contributed by atoms with Gasteiger partial charge in [0.15, 0.2) is 0 Å². The lowest BCUT2D eigenvalue weighted by Crippen LogP contribution is -2.33. The van der Waals surface area contributed by atoms with Crippen molar-refractivity contribution in [2.24, 2.45) is 11.7 Å². The minimum absolute atomic E-state index is 0.394. The molecule has 2 heterocycles. The monoisotopic (exact) mass is 263 g/mol. The Hall–Kier alpha value is -1.00. The van der Waals surface area contributed by atoms with Crippen LogP contribution in [-0.4, -0.2) is 27.5 Å². The summed E-state index contributed by atoms with van der Waals surface area (Å²) in [6, 6.07) is 4.71. The highest BCUT2D eigenvalue weighted by molar-refractivity contribution is 7.80. The summed E-state index contributed by atoms with van der Waals surface area (Å²) in [5.74, 6) is 0.692. The van der Waals surface area contributed by atoms with Crippen LogP contribution >= 0.6 is 12.2 Å². The number of nitrogens with two attached hydrogens (primary N) is 1. The fraction of sp³-hybridized carbons (Fsp3) is 0.571. The van der Waals surface area contributed by atoms with Gasteiger partial charge in [-0.3, -0.25) is 9.88 Å². The quantitative estimate of drug-likeness (QED) is 0.847. The average molecular weight is 263 g/mol. The molecular weight excluding hydrogens is 242 g/mol. The molecule has 0 saturated carbocycles. The zero-order chi connectivity index (χ0) is 13.1. The van der Waals surface area contributed by atoms with Crippen molar-refractivity contribution in [2.45, 2.75) is 39.3 Å². The van der Waals surface area contributed by atoms with Crippen molar-refractivity contribution < 1.29 is 0 Å². The first kappa shape index (κ1) is 13.4. The van der Waals surface area contributed by atoms with Crippen LogP contribution in [0.15, 0.2) is 18.3 Å². The summed E-state index contributed by atoms with van der Waals surface area (Å²) in [6.07, 6.45) is 4.33. The summed E-state index contributed by atoms with van der Waals surface area (Å²) in [7, 11) is 0. The Labute approximate surface area is 114 Å². The SMILES string of the molecule is CC(C)C1CCCN1Cc1cccnc1C(N)=S. The second kappa shape index (κ2) is 5.76. The highest BCUT2D eigenvalue weighted by Gasteiger charge is 2.27. The minimum atomic E-state index is 0.394. The van der Waals surface area contributed by atoms with E-state index in [2.05, 4.69) is 29.8 Å². The van der Waals surface area contributed by atoms with E-state index in [0.717, 1.165) is 24.3 Å². The predicted molar refractivity (Wildman–Crippen MR) is 78.4 cm³/mol. The molecular formula is C14H21N3S. The predicted octanol–water partition coefficient (Wildman–Crippen LogP) is 2.34. The van der Waals surface area contributed by atoms with E-state index in [0.29, 0.717) is 16.9 Å². The Bertz CT molecular complexity index is 431. The molecule has 1 unspecified atom stereocenters. The van der Waals surface area contributed by atoms with Gasteiger partial charge in [-0.05, 0) is 36.9 Å². The van der Waals surface area contributed by atoms with Gasteiger partial charge in [-0.2, -0.15) is 0 Å². The maximum Gasteiger partial charge on any atom is 0.123 e. The Balaban J connectivity index is 2.16. The van der Waals surface area contributed by atoms with Gasteiger partial charge in [0.05, 0.1) is 0 Å². The number of thiocarbonyl (C=S) groups is 1. The zero-order valence-electron chi connectivity index (χ0n) is 11.1. The third kappa shape index (κ3) is 2.87. The van der Waals surface area contributed by atoms with Gasteiger partial charge in [0.1, 0.15) is 10.7 Å². The molecule has 1 aliphatic rings. The molecule has 1 fully saturated rings. The van der Waals surface area contributed by atoms with Gasteiger partial charge >= 0.3 is 0 Å². The molecule has 2 rings (SSSR count). The Morgan fingerprint density at radius 2 is 2.39 bits per heavy atom. The molecule has 0 aromatic carbocycles. The van der Waals surface area contributed by atoms with Crippen LogP contribution in [0.5, 0.6) is 0 Å². The molecule has 3 nitrogen and oxygen atoms in total. The largest absolute Gasteiger partial charge is 0.388 e. The number of aromatic nitrogens is 1. The molecule has 1 atom stereocenters. The van der Waals surface area contributed by atoms with E-state index in [1.54, 1.807) is 6.20 Å². The standard InChI is InChI=1S/C14H21N3S/c1-10(2)12-6-4-8-17(12)9-11-5-3-7-16-13(11)14(15)18/h3,5,7,10,12H,4,6,8-9H2,1-2H3,(H2,15,18). The topological polar surface area (TPSA) is 42.2 Å². The molecule has 0 amide bonds. The van der Waals surface area contributed by atoms with Crippen LogP contribution in [0.25, 0.3) is 0 Å². The van der Waals surface area contributed by atoms with Crippen LogP contribution in [0.2, 0.25) is 0 Å². The van der Waals surface area contributed by atoms with E-state index < -0.39 is 0 Å². The van der Waals surface area contributed by atoms with Gasteiger partial charge in [-0.1, -0.05) is 32.1 Å². The smallest absolute Gasteiger partial charge is 0.123 e. The first-order chi connectivity index (χ1) is 8.59. The zero-order valence-corrected chi connectivity index (χ0v) is 11.9. The summed E-state index contributed by atoms with van der Waals surface area (Å²) in [6.45, 7) is 6.65. The van der Waals surface area contributed by atoms with E-state index in [1.807, 2.05) is 6.07 Å². The molecule has 1 aromatic rings. The van der Waals surface area contributed by atoms with E-state index >= 15 is 0 Å². The number of hydrogen-bond donors (Lipinski definition) is 1. The summed E-state index contributed by atoms with van der Waals surface area (Å²) >= 11 is 5.07. The second-order valence-corrected chi connectivity index (χ2v) is 5.74. The van der Waals surface area contributed by atoms with Crippen molar-refractivity contribution >= 4 is 17.2 Å². The molecule has 98 valence electrons. The molecule has 18 heavy (non-hydrogen) atoms. The highest BCUT2D eigenvalue weighted by Crippen LogP contribution is 2.26. The fourth-order valence-corrected chi connectivity index (χ4v) is 2.99. The third-order valence-corrected chi connectivity index (χ3v) is 3.88. The first-order valence-electron chi connectivity index (χ1n) is 6.57. The molecule has 0 bridgehead atoms. The molecule has 0 aliphatic carbocycles. The van der Waals surface area contributed by atoms with Gasteiger partial charge in [-0.15, -0.1) is 0 Å². The molecule has 1 aliphatic heterocycles. The van der Waals surface area contributed by atoms with Crippen molar-refractivity contribution in [3.8, 4) is 0 Å². The van der Waals surface area contributed by atoms with Gasteiger partial charge < -0.3 is 5.73 Å². The van der Waals surface area contributed by atoms with Crippen LogP contribution in [0.3, 0.4) is 0 Å². The van der Waals surface area contributed by atoms with Gasteiger partial charge in [-0.25, -0.2) is 0 Å². The lowest BCUT2D eigenvalue weighted by molar-refractivity contribution is 0.198. The number of hydrogen-bond acceptors (Lipinski definition) is 3. The Kier molecular flexibility index (Phi) is 4.30. The second-order valence-electron chi connectivity index (χ2n) is 5.30. The Morgan fingerprint density at radius 1 is 1.61 bits per heavy atom. The summed E-state index contributed by atoms with van der Waals surface area (Å²) in [5, 5.41) is 0. The van der Waals surface area contributed by atoms with Gasteiger partial charge in [0.2, 0.25) is 0 Å². The summed E-state index contributed by atoms with van der Waals surface area (Å²) in [5.41, 5.74) is 7.66. The Morgan fingerprint density at radius 3 is 3.06 bits per heavy atom. The van der Waals surface area contributed by atoms with E-state index in [4.69, 9.17) is 18.0 Å². The number of nitrogens with zero attached hydrogens (tertiary/aromatic N) is 2. The fourth-order valence-electron chi connectivity index (χ4n) is 2.81. The summed E-state index contributed by atoms with van der Waals surface area (Å²) in [4.78, 5) is 7.22. The normalized spacial score (nSPS) is 20.5. The van der Waals surface area contributed by atoms with Crippen LogP contribution in [-0.2, 0) is 6.54 Å². The van der Waals surface area contributed by atoms with E-state index in [-0.39, 0.29) is 0 Å². The number of pyridine rings is 1. The molecule has 0 radical (unpaired) electrons. The van der Waals surface area contributed by atoms with Crippen LogP contribution in [0.1, 0.15) is 37.9 Å². The maximum absolute atomic E-state index is 5.73. The van der Waals surface area contributed by atoms with Crippen molar-refractivity contribution in [1.29, 1.82) is 0 Å². The third-order valence-electron chi connectivity index (χ3n) is 3.68. The van der Waals surface area contributed by atoms with Crippen molar-refractivity contribution in [2.75, 3.05) is 6.54 Å².